The van der Waals surface area contributed by atoms with Gasteiger partial charge < -0.3 is 19.1 Å². The monoisotopic (exact) mass is 843 g/mol. The highest BCUT2D eigenvalue weighted by molar-refractivity contribution is 6.43. The van der Waals surface area contributed by atoms with Gasteiger partial charge in [-0.2, -0.15) is 5.26 Å². The van der Waals surface area contributed by atoms with Gasteiger partial charge >= 0.3 is 12.5 Å². The maximum Gasteiger partial charge on any atom is 0.522 e. The number of hydrogen-bond donors (Lipinski definition) is 0. The maximum atomic E-state index is 17.4. The molecule has 6 fully saturated rings. The Morgan fingerprint density at radius 3 is 2.50 bits per heavy atom. The van der Waals surface area contributed by atoms with Gasteiger partial charge in [0.05, 0.1) is 45.9 Å². The van der Waals surface area contributed by atoms with Crippen LogP contribution in [-0.2, 0) is 20.7 Å². The molecular formula is C42H40Cl2F5N5O4. The molecule has 3 aliphatic heterocycles. The Balaban J connectivity index is 1.31. The summed E-state index contributed by atoms with van der Waals surface area (Å²) in [6.07, 6.45) is -5.87. The summed E-state index contributed by atoms with van der Waals surface area (Å²) in [6.45, 7) is 7.33. The van der Waals surface area contributed by atoms with E-state index < -0.39 is 71.6 Å². The van der Waals surface area contributed by atoms with Crippen molar-refractivity contribution in [1.29, 1.82) is 5.26 Å². The number of amides is 2. The number of benzene rings is 2. The Morgan fingerprint density at radius 2 is 1.83 bits per heavy atom. The van der Waals surface area contributed by atoms with Gasteiger partial charge in [0.1, 0.15) is 11.1 Å². The molecule has 0 spiro atoms. The van der Waals surface area contributed by atoms with Gasteiger partial charge in [-0.15, -0.1) is 13.2 Å². The molecule has 0 radical (unpaired) electrons. The van der Waals surface area contributed by atoms with Crippen LogP contribution in [0.2, 0.25) is 10.0 Å². The number of nitrogens with zero attached hydrogens (tertiary/aromatic N) is 5. The molecule has 3 saturated heterocycles. The van der Waals surface area contributed by atoms with E-state index in [1.807, 2.05) is 4.57 Å². The molecule has 2 aromatic heterocycles. The van der Waals surface area contributed by atoms with Gasteiger partial charge in [-0.25, -0.2) is 18.6 Å². The van der Waals surface area contributed by atoms with E-state index in [1.54, 1.807) is 62.9 Å². The lowest BCUT2D eigenvalue weighted by molar-refractivity contribution is -0.349. The molecule has 0 unspecified atom stereocenters. The van der Waals surface area contributed by atoms with Crippen LogP contribution in [0.25, 0.3) is 32.9 Å². The maximum absolute atomic E-state index is 17.4. The molecule has 6 aliphatic rings. The Bertz CT molecular complexity index is 2460. The number of pyridine rings is 1. The molecule has 10 rings (SSSR count). The molecule has 2 amide bonds. The van der Waals surface area contributed by atoms with Crippen LogP contribution in [-0.4, -0.2) is 73.7 Å². The summed E-state index contributed by atoms with van der Waals surface area (Å²) < 4.78 is 87.3. The van der Waals surface area contributed by atoms with Crippen molar-refractivity contribution in [2.45, 2.75) is 121 Å². The summed E-state index contributed by atoms with van der Waals surface area (Å²) in [5.74, 6) is -2.44. The summed E-state index contributed by atoms with van der Waals surface area (Å²) in [5, 5.41) is 10.9. The molecule has 0 N–H and O–H groups in total. The standard InChI is InChI=1S/C42H40Cl2F5N5O4/c1-19-24-17-29(37-25-15-22(16-30(25)57-42(47,48)49)53(37)38(55)41(46)10-11-41)54(35-21-14-28(35)52(18-21)39(56)58-40(2,3)4)36(24)26-13-20(7-6-12-50)31(33(45)34(26)51-19)23-8-5-9-27(43)32(23)44/h5,8-9,13,17,21-22,25,28,30,35,37H,6-7,10-11,14-16,18H2,1-4H3/t21-,22-,25+,28-,30+,35+,37-/m1/s1. The van der Waals surface area contributed by atoms with E-state index in [-0.39, 0.29) is 65.6 Å². The normalized spacial score (nSPS) is 27.0. The van der Waals surface area contributed by atoms with E-state index >= 15 is 8.78 Å². The van der Waals surface area contributed by atoms with Crippen molar-refractivity contribution in [3.63, 3.8) is 0 Å². The number of hydrogen-bond acceptors (Lipinski definition) is 6. The molecule has 16 heteroatoms. The zero-order valence-corrected chi connectivity index (χ0v) is 33.6. The first-order chi connectivity index (χ1) is 27.3. The number of piperidine rings is 1. The van der Waals surface area contributed by atoms with Gasteiger partial charge in [-0.1, -0.05) is 35.3 Å². The molecular weight excluding hydrogens is 804 g/mol. The molecule has 4 bridgehead atoms. The highest BCUT2D eigenvalue weighted by Crippen LogP contribution is 2.59. The minimum absolute atomic E-state index is 0.0156. The number of carbonyl (C=O) groups is 2. The number of carbonyl (C=O) groups excluding carboxylic acids is 2. The number of fused-ring (bicyclic) bond motifs is 6. The van der Waals surface area contributed by atoms with Crippen molar-refractivity contribution in [2.24, 2.45) is 11.8 Å². The van der Waals surface area contributed by atoms with Crippen molar-refractivity contribution >= 4 is 57.0 Å². The van der Waals surface area contributed by atoms with Crippen LogP contribution in [0.4, 0.5) is 26.7 Å². The van der Waals surface area contributed by atoms with Gasteiger partial charge in [0, 0.05) is 64.1 Å². The fourth-order valence-electron chi connectivity index (χ4n) is 10.2. The number of nitriles is 1. The van der Waals surface area contributed by atoms with Crippen molar-refractivity contribution in [3.05, 3.63) is 63.1 Å². The summed E-state index contributed by atoms with van der Waals surface area (Å²) >= 11 is 13.1. The second kappa shape index (κ2) is 13.4. The number of rotatable bonds is 7. The highest BCUT2D eigenvalue weighted by atomic mass is 35.5. The van der Waals surface area contributed by atoms with Crippen molar-refractivity contribution in [3.8, 4) is 17.2 Å². The largest absolute Gasteiger partial charge is 0.522 e. The Morgan fingerprint density at radius 1 is 1.09 bits per heavy atom. The highest BCUT2D eigenvalue weighted by Gasteiger charge is 2.64. The Hall–Kier alpha value is -4.19. The van der Waals surface area contributed by atoms with Gasteiger partial charge in [0.25, 0.3) is 5.91 Å². The lowest BCUT2D eigenvalue weighted by Gasteiger charge is -2.44. The Labute approximate surface area is 340 Å². The van der Waals surface area contributed by atoms with Gasteiger partial charge in [-0.3, -0.25) is 9.53 Å². The average Bonchev–Trinajstić information content (AvgIpc) is 3.64. The van der Waals surface area contributed by atoms with E-state index in [2.05, 4.69) is 6.07 Å². The number of aryl methyl sites for hydroxylation is 2. The van der Waals surface area contributed by atoms with E-state index in [0.29, 0.717) is 51.8 Å². The van der Waals surface area contributed by atoms with Crippen molar-refractivity contribution < 1.29 is 41.0 Å². The third-order valence-electron chi connectivity index (χ3n) is 12.7. The third kappa shape index (κ3) is 6.21. The van der Waals surface area contributed by atoms with E-state index in [4.69, 9.17) is 37.7 Å². The zero-order chi connectivity index (χ0) is 41.4. The fourth-order valence-corrected chi connectivity index (χ4v) is 10.6. The number of ether oxygens (including phenoxy) is 2. The van der Waals surface area contributed by atoms with Gasteiger partial charge in [0.15, 0.2) is 11.5 Å². The van der Waals surface area contributed by atoms with Crippen LogP contribution in [0, 0.1) is 35.9 Å². The summed E-state index contributed by atoms with van der Waals surface area (Å²) in [7, 11) is 0. The van der Waals surface area contributed by atoms with E-state index in [9.17, 15) is 28.0 Å². The second-order valence-corrected chi connectivity index (χ2v) is 18.3. The van der Waals surface area contributed by atoms with E-state index in [1.165, 1.54) is 4.90 Å². The zero-order valence-electron chi connectivity index (χ0n) is 32.1. The minimum Gasteiger partial charge on any atom is -0.444 e. The molecule has 9 nitrogen and oxygen atoms in total. The van der Waals surface area contributed by atoms with Crippen LogP contribution in [0.1, 0.15) is 88.3 Å². The van der Waals surface area contributed by atoms with E-state index in [0.717, 1.165) is 0 Å². The van der Waals surface area contributed by atoms with Gasteiger partial charge in [-0.05, 0) is 90.0 Å². The quantitative estimate of drug-likeness (QED) is 0.172. The van der Waals surface area contributed by atoms with Crippen molar-refractivity contribution in [1.82, 2.24) is 19.4 Å². The number of halogens is 7. The molecule has 7 atom stereocenters. The minimum atomic E-state index is -4.95. The van der Waals surface area contributed by atoms with Crippen LogP contribution < -0.4 is 0 Å². The SMILES string of the molecule is Cc1nc2c(F)c(-c3cccc(Cl)c3Cl)c(CCC#N)cc2c2c1cc([C@H]1[C@H]3C[C@H](C[C@@H]3OC(F)(F)F)N1C(=O)C1(F)CC1)n2[C@H]1[C@@H]2C[C@H]1N(C(=O)OC(C)(C)C)C2. The van der Waals surface area contributed by atoms with Crippen LogP contribution in [0.15, 0.2) is 30.3 Å². The predicted octanol–water partition coefficient (Wildman–Crippen LogP) is 10.3. The number of alkyl halides is 4. The average molecular weight is 845 g/mol. The molecule has 3 aliphatic carbocycles. The molecule has 306 valence electrons. The lowest BCUT2D eigenvalue weighted by Crippen LogP contribution is -2.50. The molecule has 5 heterocycles. The van der Waals surface area contributed by atoms with Gasteiger partial charge in [0.2, 0.25) is 0 Å². The third-order valence-corrected chi connectivity index (χ3v) is 13.6. The van der Waals surface area contributed by atoms with Crippen LogP contribution in [0.3, 0.4) is 0 Å². The Kier molecular flexibility index (Phi) is 9.08. The predicted molar refractivity (Wildman–Crippen MR) is 205 cm³/mol. The first kappa shape index (κ1) is 39.3. The first-order valence-electron chi connectivity index (χ1n) is 19.5. The summed E-state index contributed by atoms with van der Waals surface area (Å²) in [4.78, 5) is 35.6. The molecule has 58 heavy (non-hydrogen) atoms. The van der Waals surface area contributed by atoms with Crippen molar-refractivity contribution in [2.75, 3.05) is 6.54 Å². The number of aromatic nitrogens is 2. The molecule has 4 aromatic rings. The number of likely N-dealkylation sites (tertiary alicyclic amines) is 1. The summed E-state index contributed by atoms with van der Waals surface area (Å²) in [6, 6.07) is 7.93. The fraction of sp³-hybridized carbons (Fsp3) is 0.524. The first-order valence-corrected chi connectivity index (χ1v) is 20.3. The second-order valence-electron chi connectivity index (χ2n) is 17.5. The smallest absolute Gasteiger partial charge is 0.444 e. The van der Waals surface area contributed by atoms with Crippen LogP contribution in [0.5, 0.6) is 0 Å². The summed E-state index contributed by atoms with van der Waals surface area (Å²) in [5.41, 5.74) is -0.655. The lowest BCUT2D eigenvalue weighted by atomic mass is 9.79. The molecule has 3 saturated carbocycles. The molecule has 2 aromatic carbocycles. The topological polar surface area (TPSA) is 101 Å². The van der Waals surface area contributed by atoms with Crippen LogP contribution >= 0.6 is 23.2 Å².